The molecule has 0 spiro atoms. The van der Waals surface area contributed by atoms with Gasteiger partial charge in [-0.3, -0.25) is 4.98 Å². The van der Waals surface area contributed by atoms with Crippen LogP contribution in [0.15, 0.2) is 48.8 Å². The monoisotopic (exact) mass is 307 g/mol. The van der Waals surface area contributed by atoms with Crippen molar-refractivity contribution in [3.05, 3.63) is 59.4 Å². The topological polar surface area (TPSA) is 56.5 Å². The molecule has 0 aliphatic carbocycles. The van der Waals surface area contributed by atoms with Gasteiger partial charge >= 0.3 is 0 Å². The molecule has 0 saturated heterocycles. The van der Waals surface area contributed by atoms with E-state index in [4.69, 9.17) is 11.6 Å². The molecule has 0 aliphatic heterocycles. The number of rotatable bonds is 3. The van der Waals surface area contributed by atoms with E-state index in [0.717, 1.165) is 11.1 Å². The van der Waals surface area contributed by atoms with Gasteiger partial charge in [0, 0.05) is 18.0 Å². The highest BCUT2D eigenvalue weighted by Gasteiger charge is 2.11. The number of pyridine rings is 1. The minimum atomic E-state index is 0. The fourth-order valence-corrected chi connectivity index (χ4v) is 2.03. The minimum absolute atomic E-state index is 0. The molecule has 0 radical (unpaired) electrons. The van der Waals surface area contributed by atoms with Crippen molar-refractivity contribution in [2.45, 2.75) is 6.54 Å². The van der Waals surface area contributed by atoms with Crippen molar-refractivity contribution in [2.75, 3.05) is 0 Å². The second kappa shape index (κ2) is 6.45. The molecule has 0 unspecified atom stereocenters. The first-order valence-electron chi connectivity index (χ1n) is 5.74. The minimum Gasteiger partial charge on any atom is -0.265 e. The summed E-state index contributed by atoms with van der Waals surface area (Å²) in [6, 6.07) is 11.4. The molecule has 0 atom stereocenters. The fraction of sp³-hybridized carbons (Fsp3) is 0.0769. The Kier molecular flexibility index (Phi) is 4.65. The second-order valence-electron chi connectivity index (χ2n) is 4.00. The van der Waals surface area contributed by atoms with Crippen molar-refractivity contribution in [1.29, 1.82) is 0 Å². The van der Waals surface area contributed by atoms with Crippen LogP contribution in [0.5, 0.6) is 0 Å². The summed E-state index contributed by atoms with van der Waals surface area (Å²) in [5.74, 6) is 0.655. The quantitative estimate of drug-likeness (QED) is 0.746. The van der Waals surface area contributed by atoms with E-state index in [0.29, 0.717) is 17.4 Å². The molecular weight excluding hydrogens is 297 g/mol. The zero-order valence-electron chi connectivity index (χ0n) is 10.3. The number of halogens is 2. The summed E-state index contributed by atoms with van der Waals surface area (Å²) in [7, 11) is 0. The molecule has 2 aromatic heterocycles. The first kappa shape index (κ1) is 14.4. The number of hydrogen-bond acceptors (Lipinski definition) is 4. The summed E-state index contributed by atoms with van der Waals surface area (Å²) < 4.78 is 1.72. The van der Waals surface area contributed by atoms with Crippen molar-refractivity contribution in [3.63, 3.8) is 0 Å². The lowest BCUT2D eigenvalue weighted by Crippen LogP contribution is -2.04. The number of nitrogens with zero attached hydrogens (tertiary/aromatic N) is 5. The fourth-order valence-electron chi connectivity index (χ4n) is 1.81. The Balaban J connectivity index is 0.00000147. The zero-order valence-corrected chi connectivity index (χ0v) is 11.9. The summed E-state index contributed by atoms with van der Waals surface area (Å²) in [6.07, 6.45) is 3.49. The Hall–Kier alpha value is -1.98. The predicted molar refractivity (Wildman–Crippen MR) is 78.9 cm³/mol. The summed E-state index contributed by atoms with van der Waals surface area (Å²) in [5, 5.41) is 12.4. The van der Waals surface area contributed by atoms with Crippen LogP contribution in [-0.2, 0) is 6.54 Å². The molecule has 3 aromatic rings. The van der Waals surface area contributed by atoms with Gasteiger partial charge in [0.05, 0.1) is 11.6 Å². The van der Waals surface area contributed by atoms with Gasteiger partial charge in [0.15, 0.2) is 5.82 Å². The number of hydrogen-bond donors (Lipinski definition) is 0. The maximum Gasteiger partial charge on any atom is 0.183 e. The van der Waals surface area contributed by atoms with Gasteiger partial charge in [0.1, 0.15) is 0 Å². The van der Waals surface area contributed by atoms with E-state index >= 15 is 0 Å². The van der Waals surface area contributed by atoms with Gasteiger partial charge in [0.25, 0.3) is 0 Å². The van der Waals surface area contributed by atoms with Gasteiger partial charge in [-0.05, 0) is 40.3 Å². The lowest BCUT2D eigenvalue weighted by molar-refractivity contribution is 0.653. The summed E-state index contributed by atoms with van der Waals surface area (Å²) in [5.41, 5.74) is 1.90. The van der Waals surface area contributed by atoms with Gasteiger partial charge in [-0.25, -0.2) is 4.68 Å². The molecule has 3 rings (SSSR count). The van der Waals surface area contributed by atoms with Crippen LogP contribution in [0, 0.1) is 0 Å². The summed E-state index contributed by atoms with van der Waals surface area (Å²) in [6.45, 7) is 0.579. The van der Waals surface area contributed by atoms with Crippen molar-refractivity contribution < 1.29 is 0 Å². The molecular formula is C13H11Cl2N5. The smallest absolute Gasteiger partial charge is 0.183 e. The highest BCUT2D eigenvalue weighted by Crippen LogP contribution is 2.25. The molecule has 2 heterocycles. The molecule has 0 aliphatic rings. The molecule has 5 nitrogen and oxygen atoms in total. The second-order valence-corrected chi connectivity index (χ2v) is 4.40. The van der Waals surface area contributed by atoms with E-state index in [1.807, 2.05) is 36.4 Å². The van der Waals surface area contributed by atoms with Crippen LogP contribution in [0.3, 0.4) is 0 Å². The Morgan fingerprint density at radius 3 is 2.55 bits per heavy atom. The van der Waals surface area contributed by atoms with Gasteiger partial charge in [-0.2, -0.15) is 0 Å². The third-order valence-corrected chi connectivity index (χ3v) is 3.06. The van der Waals surface area contributed by atoms with E-state index in [2.05, 4.69) is 20.5 Å². The highest BCUT2D eigenvalue weighted by molar-refractivity contribution is 6.33. The molecule has 0 bridgehead atoms. The lowest BCUT2D eigenvalue weighted by Gasteiger charge is -2.05. The van der Waals surface area contributed by atoms with Crippen LogP contribution in [0.25, 0.3) is 11.4 Å². The first-order chi connectivity index (χ1) is 9.34. The zero-order chi connectivity index (χ0) is 13.1. The van der Waals surface area contributed by atoms with Gasteiger partial charge in [-0.15, -0.1) is 17.5 Å². The molecule has 0 amide bonds. The predicted octanol–water partition coefficient (Wildman–Crippen LogP) is 2.86. The standard InChI is InChI=1S/C13H10ClN5.ClH/c14-12-4-2-1-3-11(12)13-16-17-18-19(13)9-10-5-7-15-8-6-10;/h1-8H,9H2;1H. The summed E-state index contributed by atoms with van der Waals surface area (Å²) in [4.78, 5) is 3.99. The SMILES string of the molecule is Cl.Clc1ccccc1-c1nnnn1Cc1ccncc1. The number of benzene rings is 1. The van der Waals surface area contributed by atoms with Crippen molar-refractivity contribution in [3.8, 4) is 11.4 Å². The third kappa shape index (κ3) is 2.95. The van der Waals surface area contributed by atoms with Gasteiger partial charge in [-0.1, -0.05) is 23.7 Å². The normalized spacial score (nSPS) is 10.1. The molecule has 0 N–H and O–H groups in total. The number of aromatic nitrogens is 5. The van der Waals surface area contributed by atoms with Crippen LogP contribution >= 0.6 is 24.0 Å². The molecule has 102 valence electrons. The van der Waals surface area contributed by atoms with Crippen LogP contribution in [-0.4, -0.2) is 25.2 Å². The Bertz CT molecular complexity index is 684. The van der Waals surface area contributed by atoms with Crippen LogP contribution in [0.4, 0.5) is 0 Å². The highest BCUT2D eigenvalue weighted by atomic mass is 35.5. The maximum absolute atomic E-state index is 6.17. The molecule has 0 fully saturated rings. The largest absolute Gasteiger partial charge is 0.265 e. The van der Waals surface area contributed by atoms with Crippen molar-refractivity contribution in [2.24, 2.45) is 0 Å². The van der Waals surface area contributed by atoms with E-state index in [1.165, 1.54) is 0 Å². The third-order valence-electron chi connectivity index (χ3n) is 2.73. The average Bonchev–Trinajstić information content (AvgIpc) is 2.88. The van der Waals surface area contributed by atoms with Gasteiger partial charge < -0.3 is 0 Å². The Labute approximate surface area is 127 Å². The van der Waals surface area contributed by atoms with Crippen LogP contribution in [0.1, 0.15) is 5.56 Å². The Morgan fingerprint density at radius 1 is 1.05 bits per heavy atom. The molecule has 7 heteroatoms. The molecule has 20 heavy (non-hydrogen) atoms. The average molecular weight is 308 g/mol. The summed E-state index contributed by atoms with van der Waals surface area (Å²) >= 11 is 6.17. The lowest BCUT2D eigenvalue weighted by atomic mass is 10.2. The maximum atomic E-state index is 6.17. The van der Waals surface area contributed by atoms with Crippen molar-refractivity contribution >= 4 is 24.0 Å². The van der Waals surface area contributed by atoms with Gasteiger partial charge in [0.2, 0.25) is 0 Å². The molecule has 1 aromatic carbocycles. The molecule has 0 saturated carbocycles. The van der Waals surface area contributed by atoms with Crippen LogP contribution in [0.2, 0.25) is 5.02 Å². The van der Waals surface area contributed by atoms with E-state index in [9.17, 15) is 0 Å². The van der Waals surface area contributed by atoms with Crippen LogP contribution < -0.4 is 0 Å². The Morgan fingerprint density at radius 2 is 1.80 bits per heavy atom. The van der Waals surface area contributed by atoms with E-state index < -0.39 is 0 Å². The van der Waals surface area contributed by atoms with E-state index in [1.54, 1.807) is 17.1 Å². The van der Waals surface area contributed by atoms with E-state index in [-0.39, 0.29) is 12.4 Å². The first-order valence-corrected chi connectivity index (χ1v) is 6.12. The number of tetrazole rings is 1. The van der Waals surface area contributed by atoms with Crippen molar-refractivity contribution in [1.82, 2.24) is 25.2 Å².